The summed E-state index contributed by atoms with van der Waals surface area (Å²) >= 11 is 1.49. The van der Waals surface area contributed by atoms with Crippen molar-refractivity contribution in [2.24, 2.45) is 0 Å². The summed E-state index contributed by atoms with van der Waals surface area (Å²) in [5, 5.41) is 9.08. The molecule has 148 valence electrons. The Hall–Kier alpha value is -3.20. The number of nitrogens with one attached hydrogen (secondary N) is 3. The Morgan fingerprint density at radius 2 is 1.72 bits per heavy atom. The van der Waals surface area contributed by atoms with Crippen LogP contribution >= 0.6 is 11.8 Å². The van der Waals surface area contributed by atoms with Crippen molar-refractivity contribution >= 4 is 46.9 Å². The van der Waals surface area contributed by atoms with Crippen LogP contribution in [0.2, 0.25) is 0 Å². The Labute approximate surface area is 173 Å². The number of rotatable bonds is 5. The van der Waals surface area contributed by atoms with Crippen LogP contribution < -0.4 is 16.0 Å². The highest BCUT2D eigenvalue weighted by Gasteiger charge is 2.35. The van der Waals surface area contributed by atoms with Gasteiger partial charge in [-0.2, -0.15) is 4.98 Å². The number of anilines is 5. The van der Waals surface area contributed by atoms with Crippen molar-refractivity contribution in [1.29, 1.82) is 0 Å². The van der Waals surface area contributed by atoms with Gasteiger partial charge in [-0.3, -0.25) is 4.79 Å². The smallest absolute Gasteiger partial charge is 0.241 e. The monoisotopic (exact) mass is 407 g/mol. The zero-order chi connectivity index (χ0) is 20.4. The molecule has 1 aromatic carbocycles. The molecule has 0 atom stereocenters. The van der Waals surface area contributed by atoms with Crippen molar-refractivity contribution in [1.82, 2.24) is 19.9 Å². The van der Waals surface area contributed by atoms with E-state index in [1.165, 1.54) is 23.7 Å². The number of carbonyl (C=O) groups excluding carboxylic acids is 1. The normalized spacial score (nSPS) is 14.7. The van der Waals surface area contributed by atoms with Gasteiger partial charge in [-0.05, 0) is 50.1 Å². The van der Waals surface area contributed by atoms with E-state index in [2.05, 4.69) is 54.9 Å². The van der Waals surface area contributed by atoms with Crippen LogP contribution in [-0.4, -0.2) is 30.6 Å². The molecule has 1 aliphatic rings. The second-order valence-electron chi connectivity index (χ2n) is 7.04. The van der Waals surface area contributed by atoms with Gasteiger partial charge in [0.1, 0.15) is 18.0 Å². The molecule has 1 amide bonds. The summed E-state index contributed by atoms with van der Waals surface area (Å²) in [4.78, 5) is 30.3. The Morgan fingerprint density at radius 3 is 2.45 bits per heavy atom. The second-order valence-corrected chi connectivity index (χ2v) is 8.71. The van der Waals surface area contributed by atoms with Gasteiger partial charge >= 0.3 is 0 Å². The molecule has 9 heteroatoms. The zero-order valence-corrected chi connectivity index (χ0v) is 17.2. The minimum absolute atomic E-state index is 0.0691. The summed E-state index contributed by atoms with van der Waals surface area (Å²) in [5.41, 5.74) is 2.16. The van der Waals surface area contributed by atoms with Crippen LogP contribution in [0.5, 0.6) is 0 Å². The standard InChI is InChI=1S/C20H21N7OS/c1-4-12-5-7-13(8-6-12)23-18-21-11-22-19(27-18)25-15-10-9-14-16(24-15)26-17(28)20(2,3)29-14/h5-11H,4H2,1-3H3,(H3,21,22,23,24,25,26,27,28). The number of hydrogen-bond donors (Lipinski definition) is 3. The molecule has 4 rings (SSSR count). The van der Waals surface area contributed by atoms with Crippen LogP contribution in [-0.2, 0) is 11.2 Å². The van der Waals surface area contributed by atoms with E-state index in [4.69, 9.17) is 0 Å². The van der Waals surface area contributed by atoms with Gasteiger partial charge < -0.3 is 16.0 Å². The van der Waals surface area contributed by atoms with Crippen molar-refractivity contribution in [2.75, 3.05) is 16.0 Å². The quantitative estimate of drug-likeness (QED) is 0.580. The third-order valence-electron chi connectivity index (χ3n) is 4.43. The molecule has 0 saturated heterocycles. The molecule has 0 radical (unpaired) electrons. The lowest BCUT2D eigenvalue weighted by molar-refractivity contribution is -0.117. The van der Waals surface area contributed by atoms with E-state index < -0.39 is 4.75 Å². The third-order valence-corrected chi connectivity index (χ3v) is 5.68. The van der Waals surface area contributed by atoms with Gasteiger partial charge in [-0.15, -0.1) is 11.8 Å². The maximum atomic E-state index is 12.2. The minimum atomic E-state index is -0.520. The maximum absolute atomic E-state index is 12.2. The molecule has 0 bridgehead atoms. The zero-order valence-electron chi connectivity index (χ0n) is 16.4. The third kappa shape index (κ3) is 4.29. The number of benzene rings is 1. The summed E-state index contributed by atoms with van der Waals surface area (Å²) in [6.45, 7) is 5.89. The second kappa shape index (κ2) is 7.67. The number of fused-ring (bicyclic) bond motifs is 1. The molecule has 0 saturated carbocycles. The number of hydrogen-bond acceptors (Lipinski definition) is 8. The summed E-state index contributed by atoms with van der Waals surface area (Å²) in [7, 11) is 0. The predicted molar refractivity (Wildman–Crippen MR) is 115 cm³/mol. The van der Waals surface area contributed by atoms with Gasteiger partial charge in [0.25, 0.3) is 0 Å². The summed E-state index contributed by atoms with van der Waals surface area (Å²) in [5.74, 6) is 1.78. The molecular formula is C20H21N7OS. The number of aromatic nitrogens is 4. The fraction of sp³-hybridized carbons (Fsp3) is 0.250. The van der Waals surface area contributed by atoms with Crippen molar-refractivity contribution in [3.8, 4) is 0 Å². The fourth-order valence-corrected chi connectivity index (χ4v) is 3.77. The molecule has 0 unspecified atom stereocenters. The molecular weight excluding hydrogens is 386 g/mol. The van der Waals surface area contributed by atoms with Crippen LogP contribution in [0.3, 0.4) is 0 Å². The predicted octanol–water partition coefficient (Wildman–Crippen LogP) is 4.14. The van der Waals surface area contributed by atoms with E-state index in [9.17, 15) is 4.79 Å². The molecule has 3 heterocycles. The first kappa shape index (κ1) is 19.1. The number of aryl methyl sites for hydroxylation is 1. The molecule has 1 aliphatic heterocycles. The first-order valence-corrected chi connectivity index (χ1v) is 10.1. The lowest BCUT2D eigenvalue weighted by Crippen LogP contribution is -2.37. The van der Waals surface area contributed by atoms with Crippen LogP contribution in [0.4, 0.5) is 29.2 Å². The SMILES string of the molecule is CCc1ccc(Nc2ncnc(Nc3ccc4c(n3)NC(=O)C(C)(C)S4)n2)cc1. The highest BCUT2D eigenvalue weighted by atomic mass is 32.2. The van der Waals surface area contributed by atoms with E-state index >= 15 is 0 Å². The van der Waals surface area contributed by atoms with Gasteiger partial charge in [0.05, 0.1) is 9.64 Å². The van der Waals surface area contributed by atoms with Gasteiger partial charge in [0.15, 0.2) is 0 Å². The lowest BCUT2D eigenvalue weighted by atomic mass is 10.1. The highest BCUT2D eigenvalue weighted by Crippen LogP contribution is 2.41. The van der Waals surface area contributed by atoms with E-state index in [1.807, 2.05) is 38.1 Å². The summed E-state index contributed by atoms with van der Waals surface area (Å²) in [6, 6.07) is 11.9. The first-order chi connectivity index (χ1) is 13.9. The molecule has 3 N–H and O–H groups in total. The van der Waals surface area contributed by atoms with Crippen LogP contribution in [0.1, 0.15) is 26.3 Å². The largest absolute Gasteiger partial charge is 0.324 e. The van der Waals surface area contributed by atoms with Crippen LogP contribution in [0.25, 0.3) is 0 Å². The van der Waals surface area contributed by atoms with Crippen LogP contribution in [0.15, 0.2) is 47.6 Å². The summed E-state index contributed by atoms with van der Waals surface area (Å²) < 4.78 is -0.520. The number of nitrogens with zero attached hydrogens (tertiary/aromatic N) is 4. The van der Waals surface area contributed by atoms with Crippen molar-refractivity contribution < 1.29 is 4.79 Å². The fourth-order valence-electron chi connectivity index (χ4n) is 2.75. The van der Waals surface area contributed by atoms with Crippen molar-refractivity contribution in [2.45, 2.75) is 36.8 Å². The molecule has 0 fully saturated rings. The van der Waals surface area contributed by atoms with E-state index in [0.29, 0.717) is 23.5 Å². The molecule has 0 aliphatic carbocycles. The van der Waals surface area contributed by atoms with Crippen molar-refractivity contribution in [3.05, 3.63) is 48.3 Å². The Kier molecular flexibility index (Phi) is 5.06. The summed E-state index contributed by atoms with van der Waals surface area (Å²) in [6.07, 6.45) is 2.42. The van der Waals surface area contributed by atoms with Gasteiger partial charge in [0.2, 0.25) is 17.8 Å². The highest BCUT2D eigenvalue weighted by molar-refractivity contribution is 8.01. The van der Waals surface area contributed by atoms with Crippen LogP contribution in [0, 0.1) is 0 Å². The first-order valence-electron chi connectivity index (χ1n) is 9.26. The number of pyridine rings is 1. The molecule has 2 aromatic heterocycles. The topological polar surface area (TPSA) is 105 Å². The van der Waals surface area contributed by atoms with E-state index in [-0.39, 0.29) is 5.91 Å². The van der Waals surface area contributed by atoms with E-state index in [0.717, 1.165) is 17.0 Å². The van der Waals surface area contributed by atoms with Gasteiger partial charge in [-0.1, -0.05) is 19.1 Å². The Balaban J connectivity index is 1.49. The molecule has 0 spiro atoms. The van der Waals surface area contributed by atoms with Crippen molar-refractivity contribution in [3.63, 3.8) is 0 Å². The number of carbonyl (C=O) groups is 1. The van der Waals surface area contributed by atoms with Gasteiger partial charge in [0, 0.05) is 5.69 Å². The Morgan fingerprint density at radius 1 is 1.00 bits per heavy atom. The van der Waals surface area contributed by atoms with Gasteiger partial charge in [-0.25, -0.2) is 15.0 Å². The number of thioether (sulfide) groups is 1. The maximum Gasteiger partial charge on any atom is 0.241 e. The molecule has 8 nitrogen and oxygen atoms in total. The lowest BCUT2D eigenvalue weighted by Gasteiger charge is -2.29. The Bertz CT molecular complexity index is 1050. The van der Waals surface area contributed by atoms with E-state index in [1.54, 1.807) is 0 Å². The number of amides is 1. The minimum Gasteiger partial charge on any atom is -0.324 e. The molecule has 29 heavy (non-hydrogen) atoms. The molecule has 3 aromatic rings. The average molecular weight is 408 g/mol. The average Bonchev–Trinajstić information content (AvgIpc) is 2.70.